The fourth-order valence-electron chi connectivity index (χ4n) is 3.35. The zero-order valence-electron chi connectivity index (χ0n) is 15.1. The predicted octanol–water partition coefficient (Wildman–Crippen LogP) is 4.56. The van der Waals surface area contributed by atoms with Crippen LogP contribution in [0.5, 0.6) is 11.5 Å². The highest BCUT2D eigenvalue weighted by molar-refractivity contribution is 5.70. The molecule has 0 bridgehead atoms. The van der Waals surface area contributed by atoms with E-state index in [1.807, 2.05) is 31.2 Å². The van der Waals surface area contributed by atoms with Crippen LogP contribution in [0.15, 0.2) is 48.5 Å². The van der Waals surface area contributed by atoms with Gasteiger partial charge in [0.05, 0.1) is 12.6 Å². The van der Waals surface area contributed by atoms with Crippen LogP contribution in [0.2, 0.25) is 0 Å². The Labute approximate surface area is 153 Å². The van der Waals surface area contributed by atoms with Crippen LogP contribution in [0.1, 0.15) is 49.8 Å². The maximum absolute atomic E-state index is 12.2. The number of ether oxygens (including phenoxy) is 1. The van der Waals surface area contributed by atoms with Gasteiger partial charge in [-0.3, -0.25) is 4.90 Å². The number of carbonyl (C=O) groups excluding carboxylic acids is 1. The molecule has 0 aromatic heterocycles. The molecule has 1 aliphatic rings. The number of phenolic OH excluding ortho intramolecular Hbond substituents is 2. The van der Waals surface area contributed by atoms with E-state index >= 15 is 0 Å². The molecule has 3 rings (SSSR count). The van der Waals surface area contributed by atoms with E-state index in [0.717, 1.165) is 18.4 Å². The number of hydrogen-bond donors (Lipinski definition) is 2. The van der Waals surface area contributed by atoms with Gasteiger partial charge in [-0.1, -0.05) is 31.2 Å². The van der Waals surface area contributed by atoms with Crippen LogP contribution in [-0.2, 0) is 4.74 Å². The van der Waals surface area contributed by atoms with Gasteiger partial charge < -0.3 is 14.9 Å². The number of hydrogen-bond acceptors (Lipinski definition) is 4. The van der Waals surface area contributed by atoms with Gasteiger partial charge in [0.15, 0.2) is 0 Å². The van der Waals surface area contributed by atoms with Gasteiger partial charge in [-0.15, -0.1) is 0 Å². The first-order valence-electron chi connectivity index (χ1n) is 8.99. The van der Waals surface area contributed by atoms with E-state index in [9.17, 15) is 15.0 Å². The topological polar surface area (TPSA) is 70.0 Å². The first kappa shape index (κ1) is 18.1. The summed E-state index contributed by atoms with van der Waals surface area (Å²) in [5.74, 6) is 0.813. The van der Waals surface area contributed by atoms with Crippen LogP contribution in [-0.4, -0.2) is 33.9 Å². The first-order valence-corrected chi connectivity index (χ1v) is 8.99. The van der Waals surface area contributed by atoms with E-state index in [1.54, 1.807) is 29.2 Å². The number of amides is 1. The third-order valence-corrected chi connectivity index (χ3v) is 5.13. The molecular formula is C21H25NO4. The third kappa shape index (κ3) is 4.10. The molecule has 0 aliphatic carbocycles. The fourth-order valence-corrected chi connectivity index (χ4v) is 3.35. The minimum absolute atomic E-state index is 0.0948. The predicted molar refractivity (Wildman–Crippen MR) is 99.3 cm³/mol. The second-order valence-electron chi connectivity index (χ2n) is 7.00. The lowest BCUT2D eigenvalue weighted by Crippen LogP contribution is -2.28. The van der Waals surface area contributed by atoms with Gasteiger partial charge in [0.2, 0.25) is 0 Å². The highest BCUT2D eigenvalue weighted by Gasteiger charge is 2.34. The van der Waals surface area contributed by atoms with Gasteiger partial charge in [0, 0.05) is 0 Å². The lowest BCUT2D eigenvalue weighted by Gasteiger charge is -2.22. The molecular weight excluding hydrogens is 330 g/mol. The number of carbonyl (C=O) groups is 1. The van der Waals surface area contributed by atoms with E-state index in [0.29, 0.717) is 12.5 Å². The number of rotatable bonds is 6. The Bertz CT molecular complexity index is 742. The Morgan fingerprint density at radius 3 is 2.12 bits per heavy atom. The fraction of sp³-hybridized carbons (Fsp3) is 0.381. The van der Waals surface area contributed by atoms with E-state index in [-0.39, 0.29) is 29.7 Å². The molecule has 0 unspecified atom stereocenters. The maximum Gasteiger partial charge on any atom is 0.410 e. The molecule has 1 aliphatic heterocycles. The number of benzene rings is 2. The van der Waals surface area contributed by atoms with Crippen molar-refractivity contribution in [3.8, 4) is 11.5 Å². The van der Waals surface area contributed by atoms with Crippen LogP contribution in [0, 0.1) is 0 Å². The summed E-state index contributed by atoms with van der Waals surface area (Å²) in [6.45, 7) is 4.68. The number of cyclic esters (lactones) is 1. The minimum atomic E-state index is -0.284. The summed E-state index contributed by atoms with van der Waals surface area (Å²) < 4.78 is 5.54. The Hall–Kier alpha value is -2.69. The summed E-state index contributed by atoms with van der Waals surface area (Å²) >= 11 is 0. The molecule has 1 fully saturated rings. The first-order chi connectivity index (χ1) is 12.4. The molecule has 5 nitrogen and oxygen atoms in total. The van der Waals surface area contributed by atoms with Gasteiger partial charge in [-0.2, -0.15) is 0 Å². The molecule has 26 heavy (non-hydrogen) atoms. The lowest BCUT2D eigenvalue weighted by molar-refractivity contribution is 0.124. The molecule has 2 aromatic rings. The summed E-state index contributed by atoms with van der Waals surface area (Å²) in [6, 6.07) is 14.1. The molecule has 5 heteroatoms. The summed E-state index contributed by atoms with van der Waals surface area (Å²) in [6.07, 6.45) is 1.31. The van der Waals surface area contributed by atoms with Gasteiger partial charge in [-0.05, 0) is 61.1 Å². The largest absolute Gasteiger partial charge is 0.508 e. The minimum Gasteiger partial charge on any atom is -0.508 e. The Balaban J connectivity index is 1.55. The van der Waals surface area contributed by atoms with E-state index in [4.69, 9.17) is 4.74 Å². The molecule has 1 saturated heterocycles. The highest BCUT2D eigenvalue weighted by Crippen LogP contribution is 2.30. The van der Waals surface area contributed by atoms with Crippen molar-refractivity contribution in [2.24, 2.45) is 0 Å². The lowest BCUT2D eigenvalue weighted by atomic mass is 9.94. The SMILES string of the molecule is C[C@H](CC[C@H]1CN([C@@H](C)c2ccc(O)cc2)C(=O)O1)c1ccc(O)cc1. The molecule has 0 radical (unpaired) electrons. The smallest absolute Gasteiger partial charge is 0.410 e. The van der Waals surface area contributed by atoms with Crippen molar-refractivity contribution in [1.82, 2.24) is 4.90 Å². The molecule has 3 atom stereocenters. The van der Waals surface area contributed by atoms with Crippen LogP contribution >= 0.6 is 0 Å². The maximum atomic E-state index is 12.2. The molecule has 1 amide bonds. The standard InChI is InChI=1S/C21H25NO4/c1-14(16-4-8-18(23)9-5-16)3-12-20-13-22(21(25)26-20)15(2)17-6-10-19(24)11-7-17/h4-11,14-15,20,23-24H,3,12-13H2,1-2H3/t14-,15+,20+/m1/s1. The van der Waals surface area contributed by atoms with E-state index in [1.165, 1.54) is 5.56 Å². The number of aromatic hydroxyl groups is 2. The average molecular weight is 355 g/mol. The Kier molecular flexibility index (Phi) is 5.35. The molecule has 0 saturated carbocycles. The highest BCUT2D eigenvalue weighted by atomic mass is 16.6. The van der Waals surface area contributed by atoms with Crippen LogP contribution in [0.25, 0.3) is 0 Å². The van der Waals surface area contributed by atoms with Gasteiger partial charge in [0.1, 0.15) is 17.6 Å². The number of nitrogens with zero attached hydrogens (tertiary/aromatic N) is 1. The molecule has 1 heterocycles. The average Bonchev–Trinajstić information content (AvgIpc) is 3.01. The summed E-state index contributed by atoms with van der Waals surface area (Å²) in [7, 11) is 0. The summed E-state index contributed by atoms with van der Waals surface area (Å²) in [5.41, 5.74) is 2.14. The third-order valence-electron chi connectivity index (χ3n) is 5.13. The van der Waals surface area contributed by atoms with E-state index < -0.39 is 0 Å². The molecule has 0 spiro atoms. The summed E-state index contributed by atoms with van der Waals surface area (Å²) in [5, 5.41) is 18.8. The number of phenols is 2. The zero-order valence-corrected chi connectivity index (χ0v) is 15.1. The second kappa shape index (κ2) is 7.68. The van der Waals surface area contributed by atoms with Crippen molar-refractivity contribution in [3.05, 3.63) is 59.7 Å². The van der Waals surface area contributed by atoms with Crippen molar-refractivity contribution in [2.75, 3.05) is 6.54 Å². The van der Waals surface area contributed by atoms with Crippen LogP contribution in [0.3, 0.4) is 0 Å². The molecule has 2 N–H and O–H groups in total. The van der Waals surface area contributed by atoms with Crippen LogP contribution < -0.4 is 0 Å². The Morgan fingerprint density at radius 2 is 1.54 bits per heavy atom. The summed E-state index contributed by atoms with van der Waals surface area (Å²) in [4.78, 5) is 14.0. The Morgan fingerprint density at radius 1 is 1.00 bits per heavy atom. The normalized spacial score (nSPS) is 19.2. The molecule has 138 valence electrons. The van der Waals surface area contributed by atoms with Crippen molar-refractivity contribution in [2.45, 2.75) is 44.8 Å². The van der Waals surface area contributed by atoms with Crippen molar-refractivity contribution in [3.63, 3.8) is 0 Å². The van der Waals surface area contributed by atoms with Crippen LogP contribution in [0.4, 0.5) is 4.79 Å². The van der Waals surface area contributed by atoms with Gasteiger partial charge in [0.25, 0.3) is 0 Å². The van der Waals surface area contributed by atoms with Gasteiger partial charge in [-0.25, -0.2) is 4.79 Å². The molecule has 2 aromatic carbocycles. The quantitative estimate of drug-likeness (QED) is 0.797. The van der Waals surface area contributed by atoms with Crippen molar-refractivity contribution < 1.29 is 19.7 Å². The second-order valence-corrected chi connectivity index (χ2v) is 7.00. The van der Waals surface area contributed by atoms with Crippen molar-refractivity contribution >= 4 is 6.09 Å². The monoisotopic (exact) mass is 355 g/mol. The van der Waals surface area contributed by atoms with E-state index in [2.05, 4.69) is 6.92 Å². The van der Waals surface area contributed by atoms with Crippen molar-refractivity contribution in [1.29, 1.82) is 0 Å². The van der Waals surface area contributed by atoms with Gasteiger partial charge >= 0.3 is 6.09 Å². The zero-order chi connectivity index (χ0) is 18.7.